The highest BCUT2D eigenvalue weighted by Crippen LogP contribution is 2.63. The van der Waals surface area contributed by atoms with Crippen molar-refractivity contribution in [2.45, 2.75) is 65.1 Å². The van der Waals surface area contributed by atoms with Crippen molar-refractivity contribution in [3.05, 3.63) is 23.3 Å². The van der Waals surface area contributed by atoms with Crippen LogP contribution in [0.25, 0.3) is 0 Å². The van der Waals surface area contributed by atoms with Crippen molar-refractivity contribution in [3.63, 3.8) is 0 Å². The summed E-state index contributed by atoms with van der Waals surface area (Å²) in [6.45, 7) is 9.51. The fourth-order valence-corrected chi connectivity index (χ4v) is 4.81. The fraction of sp³-hybridized carbons (Fsp3) is 0.700. The number of hydrogen-bond acceptors (Lipinski definition) is 4. The minimum absolute atomic E-state index is 0.0247. The molecule has 2 N–H and O–H groups in total. The van der Waals surface area contributed by atoms with Crippen molar-refractivity contribution in [1.29, 1.82) is 0 Å². The van der Waals surface area contributed by atoms with E-state index in [1.807, 2.05) is 6.92 Å². The summed E-state index contributed by atoms with van der Waals surface area (Å²) in [6.07, 6.45) is 4.88. The summed E-state index contributed by atoms with van der Waals surface area (Å²) in [4.78, 5) is 25.4. The normalized spacial score (nSPS) is 47.0. The molecule has 24 heavy (non-hydrogen) atoms. The predicted octanol–water partition coefficient (Wildman–Crippen LogP) is 2.59. The zero-order valence-electron chi connectivity index (χ0n) is 15.2. The minimum atomic E-state index is -1.90. The van der Waals surface area contributed by atoms with Crippen LogP contribution in [0.1, 0.15) is 53.9 Å². The largest absolute Gasteiger partial charge is 0.386 e. The molecule has 3 aliphatic carbocycles. The number of carbonyl (C=O) groups excluding carboxylic acids is 2. The standard InChI is InChI=1S/C20H28O4/c1-11-8-14-13(18(14,3)4)6-7-19(5,23)10-15-16(21)12(2)9-20(15,24)17(11)22/h9-11,13-14,23-24H,6-8H2,1-5H3/b15-10-. The molecule has 0 saturated heterocycles. The van der Waals surface area contributed by atoms with Gasteiger partial charge in [-0.2, -0.15) is 0 Å². The van der Waals surface area contributed by atoms with E-state index >= 15 is 0 Å². The average Bonchev–Trinajstić information content (AvgIpc) is 2.91. The highest BCUT2D eigenvalue weighted by atomic mass is 16.3. The van der Waals surface area contributed by atoms with Crippen molar-refractivity contribution in [1.82, 2.24) is 0 Å². The Bertz CT molecular complexity index is 667. The molecule has 4 heteroatoms. The van der Waals surface area contributed by atoms with Gasteiger partial charge in [0, 0.05) is 11.5 Å². The number of rotatable bonds is 0. The molecule has 3 rings (SSSR count). The van der Waals surface area contributed by atoms with Gasteiger partial charge in [-0.25, -0.2) is 0 Å². The van der Waals surface area contributed by atoms with Gasteiger partial charge in [0.1, 0.15) is 0 Å². The summed E-state index contributed by atoms with van der Waals surface area (Å²) in [5.74, 6) is -0.121. The Morgan fingerprint density at radius 1 is 1.08 bits per heavy atom. The van der Waals surface area contributed by atoms with Gasteiger partial charge < -0.3 is 10.2 Å². The average molecular weight is 332 g/mol. The molecule has 5 unspecified atom stereocenters. The third-order valence-corrected chi connectivity index (χ3v) is 6.57. The summed E-state index contributed by atoms with van der Waals surface area (Å²) in [7, 11) is 0. The molecule has 0 spiro atoms. The molecule has 0 bridgehead atoms. The predicted molar refractivity (Wildman–Crippen MR) is 91.2 cm³/mol. The Morgan fingerprint density at radius 2 is 1.71 bits per heavy atom. The van der Waals surface area contributed by atoms with Crippen molar-refractivity contribution in [2.24, 2.45) is 23.2 Å². The first-order valence-electron chi connectivity index (χ1n) is 8.87. The van der Waals surface area contributed by atoms with Gasteiger partial charge in [0.2, 0.25) is 0 Å². The number of Topliss-reactive ketones (excluding diaryl/α,β-unsaturated/α-hetero) is 2. The first-order chi connectivity index (χ1) is 10.9. The van der Waals surface area contributed by atoms with Gasteiger partial charge >= 0.3 is 0 Å². The first kappa shape index (κ1) is 17.6. The Hall–Kier alpha value is -1.26. The molecular formula is C20H28O4. The summed E-state index contributed by atoms with van der Waals surface area (Å²) >= 11 is 0. The summed E-state index contributed by atoms with van der Waals surface area (Å²) < 4.78 is 0. The Kier molecular flexibility index (Phi) is 3.75. The SMILES string of the molecule is CC1=CC2(O)C(=O)C(C)CC3C(CCC(C)(O)/C=C\2C1=O)C3(C)C. The van der Waals surface area contributed by atoms with Crippen LogP contribution in [0.15, 0.2) is 23.3 Å². The van der Waals surface area contributed by atoms with Crippen LogP contribution in [0, 0.1) is 23.2 Å². The zero-order chi connectivity index (χ0) is 18.1. The number of ketones is 2. The van der Waals surface area contributed by atoms with E-state index in [0.29, 0.717) is 23.8 Å². The Balaban J connectivity index is 2.06. The molecule has 3 aliphatic rings. The number of hydrogen-bond donors (Lipinski definition) is 2. The molecule has 1 saturated carbocycles. The topological polar surface area (TPSA) is 74.6 Å². The molecule has 5 atom stereocenters. The minimum Gasteiger partial charge on any atom is -0.386 e. The number of allylic oxidation sites excluding steroid dienone is 1. The van der Waals surface area contributed by atoms with Gasteiger partial charge in [-0.3, -0.25) is 9.59 Å². The van der Waals surface area contributed by atoms with Crippen molar-refractivity contribution < 1.29 is 19.8 Å². The van der Waals surface area contributed by atoms with E-state index in [2.05, 4.69) is 13.8 Å². The summed E-state index contributed by atoms with van der Waals surface area (Å²) in [5.41, 5.74) is -2.56. The van der Waals surface area contributed by atoms with Crippen LogP contribution in [-0.4, -0.2) is 33.0 Å². The third-order valence-electron chi connectivity index (χ3n) is 6.57. The molecule has 1 fully saturated rings. The highest BCUT2D eigenvalue weighted by molar-refractivity contribution is 6.19. The molecule has 0 aliphatic heterocycles. The van der Waals surface area contributed by atoms with Gasteiger partial charge in [0.05, 0.1) is 5.60 Å². The van der Waals surface area contributed by atoms with Crippen LogP contribution in [0.3, 0.4) is 0 Å². The van der Waals surface area contributed by atoms with Crippen molar-refractivity contribution in [3.8, 4) is 0 Å². The van der Waals surface area contributed by atoms with Crippen LogP contribution < -0.4 is 0 Å². The second kappa shape index (κ2) is 5.12. The lowest BCUT2D eigenvalue weighted by Crippen LogP contribution is -2.42. The maximum atomic E-state index is 13.0. The second-order valence-electron chi connectivity index (χ2n) is 8.91. The van der Waals surface area contributed by atoms with Crippen molar-refractivity contribution in [2.75, 3.05) is 0 Å². The van der Waals surface area contributed by atoms with Crippen molar-refractivity contribution >= 4 is 11.6 Å². The Morgan fingerprint density at radius 3 is 2.33 bits per heavy atom. The molecular weight excluding hydrogens is 304 g/mol. The number of aliphatic hydroxyl groups is 2. The maximum Gasteiger partial charge on any atom is 0.188 e. The van der Waals surface area contributed by atoms with Crippen LogP contribution in [-0.2, 0) is 9.59 Å². The zero-order valence-corrected chi connectivity index (χ0v) is 15.2. The van der Waals surface area contributed by atoms with Crippen LogP contribution in [0.4, 0.5) is 0 Å². The molecule has 0 aromatic carbocycles. The number of fused-ring (bicyclic) bond motifs is 2. The smallest absolute Gasteiger partial charge is 0.188 e. The van der Waals surface area contributed by atoms with Gasteiger partial charge in [-0.05, 0) is 68.1 Å². The van der Waals surface area contributed by atoms with Crippen LogP contribution in [0.5, 0.6) is 0 Å². The molecule has 0 aromatic rings. The third kappa shape index (κ3) is 2.51. The lowest BCUT2D eigenvalue weighted by atomic mass is 9.81. The van der Waals surface area contributed by atoms with Gasteiger partial charge in [0.25, 0.3) is 0 Å². The molecule has 0 aromatic heterocycles. The van der Waals surface area contributed by atoms with Crippen LogP contribution >= 0.6 is 0 Å². The maximum absolute atomic E-state index is 13.0. The monoisotopic (exact) mass is 332 g/mol. The lowest BCUT2D eigenvalue weighted by Gasteiger charge is -2.27. The van der Waals surface area contributed by atoms with Gasteiger partial charge in [0.15, 0.2) is 17.2 Å². The molecule has 0 heterocycles. The van der Waals surface area contributed by atoms with Gasteiger partial charge in [-0.1, -0.05) is 20.8 Å². The fourth-order valence-electron chi connectivity index (χ4n) is 4.81. The summed E-state index contributed by atoms with van der Waals surface area (Å²) in [6, 6.07) is 0. The van der Waals surface area contributed by atoms with Crippen LogP contribution in [0.2, 0.25) is 0 Å². The molecule has 0 amide bonds. The molecule has 4 nitrogen and oxygen atoms in total. The van der Waals surface area contributed by atoms with E-state index in [1.54, 1.807) is 13.8 Å². The van der Waals surface area contributed by atoms with E-state index in [0.717, 1.165) is 12.8 Å². The van der Waals surface area contributed by atoms with Gasteiger partial charge in [-0.15, -0.1) is 0 Å². The van der Waals surface area contributed by atoms with E-state index in [4.69, 9.17) is 0 Å². The molecule has 132 valence electrons. The lowest BCUT2D eigenvalue weighted by molar-refractivity contribution is -0.135. The van der Waals surface area contributed by atoms with E-state index in [-0.39, 0.29) is 28.5 Å². The first-order valence-corrected chi connectivity index (χ1v) is 8.87. The van der Waals surface area contributed by atoms with E-state index < -0.39 is 11.2 Å². The second-order valence-corrected chi connectivity index (χ2v) is 8.91. The van der Waals surface area contributed by atoms with E-state index in [1.165, 1.54) is 12.2 Å². The Labute approximate surface area is 143 Å². The molecule has 0 radical (unpaired) electrons. The number of carbonyl (C=O) groups is 2. The summed E-state index contributed by atoms with van der Waals surface area (Å²) in [5, 5.41) is 21.8. The van der Waals surface area contributed by atoms with E-state index in [9.17, 15) is 19.8 Å². The quantitative estimate of drug-likeness (QED) is 0.715. The highest BCUT2D eigenvalue weighted by Gasteiger charge is 2.59.